The van der Waals surface area contributed by atoms with E-state index < -0.39 is 6.03 Å². The van der Waals surface area contributed by atoms with E-state index in [2.05, 4.69) is 36.4 Å². The molecule has 3 rings (SSSR count). The molecular weight excluding hydrogens is 354 g/mol. The van der Waals surface area contributed by atoms with Gasteiger partial charge in [-0.15, -0.1) is 0 Å². The molecule has 0 spiro atoms. The second-order valence-corrected chi connectivity index (χ2v) is 7.33. The summed E-state index contributed by atoms with van der Waals surface area (Å²) in [7, 11) is 0. The monoisotopic (exact) mass is 377 g/mol. The average molecular weight is 377 g/mol. The average Bonchev–Trinajstić information content (AvgIpc) is 2.63. The molecule has 6 heteroatoms. The van der Waals surface area contributed by atoms with Crippen LogP contribution in [0.3, 0.4) is 0 Å². The number of amides is 2. The van der Waals surface area contributed by atoms with Crippen molar-refractivity contribution in [3.63, 3.8) is 0 Å². The summed E-state index contributed by atoms with van der Waals surface area (Å²) < 4.78 is 6.04. The van der Waals surface area contributed by atoms with Gasteiger partial charge < -0.3 is 20.5 Å². The molecule has 144 valence electrons. The molecule has 0 saturated carbocycles. The highest BCUT2D eigenvalue weighted by Crippen LogP contribution is 2.35. The molecule has 0 aliphatic rings. The lowest BCUT2D eigenvalue weighted by Crippen LogP contribution is -2.20. The van der Waals surface area contributed by atoms with Crippen LogP contribution < -0.4 is 15.4 Å². The number of hydrogen-bond acceptors (Lipinski definition) is 4. The van der Waals surface area contributed by atoms with Crippen molar-refractivity contribution in [2.75, 3.05) is 10.6 Å². The summed E-state index contributed by atoms with van der Waals surface area (Å²) >= 11 is 0. The fraction of sp³-hybridized carbons (Fsp3) is 0.182. The summed E-state index contributed by atoms with van der Waals surface area (Å²) in [5.74, 6) is 1.05. The zero-order chi connectivity index (χ0) is 20.1. The standard InChI is InChI=1S/C22H23N3O3/c1-22(2,3)17-10-4-5-12-19(17)28-20-18(11-7-13-23-20)25-21(27)24-15-8-6-9-16(26)14-15/h4-14,26H,1-3H3,(H2,24,25,27). The molecule has 0 aliphatic carbocycles. The van der Waals surface area contributed by atoms with Gasteiger partial charge in [0.15, 0.2) is 0 Å². The zero-order valence-corrected chi connectivity index (χ0v) is 16.1. The number of aromatic hydroxyl groups is 1. The third kappa shape index (κ3) is 4.79. The summed E-state index contributed by atoms with van der Waals surface area (Å²) in [6.07, 6.45) is 1.60. The van der Waals surface area contributed by atoms with Gasteiger partial charge in [-0.1, -0.05) is 45.0 Å². The molecular formula is C22H23N3O3. The summed E-state index contributed by atoms with van der Waals surface area (Å²) in [5.41, 5.74) is 1.84. The number of aromatic nitrogens is 1. The molecule has 0 unspecified atom stereocenters. The molecule has 1 heterocycles. The Morgan fingerprint density at radius 1 is 1.00 bits per heavy atom. The summed E-state index contributed by atoms with van der Waals surface area (Å²) in [5, 5.41) is 14.9. The molecule has 0 saturated heterocycles. The van der Waals surface area contributed by atoms with Crippen LogP contribution in [-0.2, 0) is 5.41 Å². The molecule has 0 atom stereocenters. The van der Waals surface area contributed by atoms with Gasteiger partial charge in [0.25, 0.3) is 0 Å². The van der Waals surface area contributed by atoms with Crippen molar-refractivity contribution in [1.82, 2.24) is 4.98 Å². The highest BCUT2D eigenvalue weighted by Gasteiger charge is 2.20. The predicted octanol–water partition coefficient (Wildman–Crippen LogP) is 5.52. The number of phenols is 1. The topological polar surface area (TPSA) is 83.5 Å². The number of carbonyl (C=O) groups excluding carboxylic acids is 1. The number of benzene rings is 2. The van der Waals surface area contributed by atoms with Crippen molar-refractivity contribution in [3.05, 3.63) is 72.4 Å². The van der Waals surface area contributed by atoms with Crippen LogP contribution in [0.2, 0.25) is 0 Å². The van der Waals surface area contributed by atoms with Crippen LogP contribution in [0.15, 0.2) is 66.9 Å². The minimum Gasteiger partial charge on any atom is -0.508 e. The van der Waals surface area contributed by atoms with Crippen molar-refractivity contribution in [2.45, 2.75) is 26.2 Å². The second-order valence-electron chi connectivity index (χ2n) is 7.33. The molecule has 0 aliphatic heterocycles. The molecule has 28 heavy (non-hydrogen) atoms. The lowest BCUT2D eigenvalue weighted by molar-refractivity contribution is 0.262. The van der Waals surface area contributed by atoms with Crippen LogP contribution in [0.25, 0.3) is 0 Å². The molecule has 6 nitrogen and oxygen atoms in total. The third-order valence-corrected chi connectivity index (χ3v) is 4.03. The van der Waals surface area contributed by atoms with E-state index in [0.29, 0.717) is 23.0 Å². The SMILES string of the molecule is CC(C)(C)c1ccccc1Oc1ncccc1NC(=O)Nc1cccc(O)c1. The Morgan fingerprint density at radius 3 is 2.54 bits per heavy atom. The van der Waals surface area contributed by atoms with Crippen molar-refractivity contribution >= 4 is 17.4 Å². The van der Waals surface area contributed by atoms with Crippen LogP contribution in [0.4, 0.5) is 16.2 Å². The number of urea groups is 1. The van der Waals surface area contributed by atoms with Gasteiger partial charge in [-0.05, 0) is 35.7 Å². The number of carbonyl (C=O) groups is 1. The van der Waals surface area contributed by atoms with Crippen LogP contribution in [0.5, 0.6) is 17.4 Å². The van der Waals surface area contributed by atoms with E-state index in [1.807, 2.05) is 24.3 Å². The molecule has 3 N–H and O–H groups in total. The lowest BCUT2D eigenvalue weighted by Gasteiger charge is -2.22. The minimum atomic E-state index is -0.465. The van der Waals surface area contributed by atoms with Gasteiger partial charge >= 0.3 is 6.03 Å². The van der Waals surface area contributed by atoms with Gasteiger partial charge in [0.2, 0.25) is 5.88 Å². The van der Waals surface area contributed by atoms with E-state index in [1.54, 1.807) is 30.5 Å². The number of nitrogens with one attached hydrogen (secondary N) is 2. The van der Waals surface area contributed by atoms with Crippen LogP contribution in [0.1, 0.15) is 26.3 Å². The van der Waals surface area contributed by atoms with Gasteiger partial charge in [-0.2, -0.15) is 0 Å². The van der Waals surface area contributed by atoms with Crippen LogP contribution in [-0.4, -0.2) is 16.1 Å². The first-order chi connectivity index (χ1) is 13.3. The van der Waals surface area contributed by atoms with E-state index in [0.717, 1.165) is 5.56 Å². The normalized spacial score (nSPS) is 11.0. The Labute approximate surface area is 164 Å². The number of phenolic OH excluding ortho intramolecular Hbond substituents is 1. The van der Waals surface area contributed by atoms with Gasteiger partial charge in [0, 0.05) is 23.5 Å². The van der Waals surface area contributed by atoms with E-state index in [-0.39, 0.29) is 11.2 Å². The Morgan fingerprint density at radius 2 is 1.79 bits per heavy atom. The highest BCUT2D eigenvalue weighted by atomic mass is 16.5. The number of anilines is 2. The smallest absolute Gasteiger partial charge is 0.323 e. The minimum absolute atomic E-state index is 0.0713. The largest absolute Gasteiger partial charge is 0.508 e. The Kier molecular flexibility index (Phi) is 5.49. The first-order valence-electron chi connectivity index (χ1n) is 8.92. The molecule has 0 fully saturated rings. The van der Waals surface area contributed by atoms with E-state index >= 15 is 0 Å². The number of rotatable bonds is 4. The maximum absolute atomic E-state index is 12.3. The van der Waals surface area contributed by atoms with Crippen molar-refractivity contribution in [2.24, 2.45) is 0 Å². The van der Waals surface area contributed by atoms with Gasteiger partial charge in [0.1, 0.15) is 17.2 Å². The third-order valence-electron chi connectivity index (χ3n) is 4.03. The number of nitrogens with zero attached hydrogens (tertiary/aromatic N) is 1. The molecule has 2 aromatic carbocycles. The first kappa shape index (κ1) is 19.2. The second kappa shape index (κ2) is 8.00. The van der Waals surface area contributed by atoms with E-state index in [1.165, 1.54) is 12.1 Å². The number of para-hydroxylation sites is 1. The number of pyridine rings is 1. The van der Waals surface area contributed by atoms with E-state index in [4.69, 9.17) is 4.74 Å². The lowest BCUT2D eigenvalue weighted by atomic mass is 9.86. The Hall–Kier alpha value is -3.54. The Bertz CT molecular complexity index is 981. The maximum Gasteiger partial charge on any atom is 0.323 e. The fourth-order valence-electron chi connectivity index (χ4n) is 2.72. The molecule has 0 radical (unpaired) electrons. The van der Waals surface area contributed by atoms with Crippen molar-refractivity contribution < 1.29 is 14.6 Å². The molecule has 2 amide bonds. The number of hydrogen-bond donors (Lipinski definition) is 3. The van der Waals surface area contributed by atoms with E-state index in [9.17, 15) is 9.90 Å². The maximum atomic E-state index is 12.3. The quantitative estimate of drug-likeness (QED) is 0.559. The van der Waals surface area contributed by atoms with Gasteiger partial charge in [-0.25, -0.2) is 9.78 Å². The van der Waals surface area contributed by atoms with Crippen molar-refractivity contribution in [1.29, 1.82) is 0 Å². The molecule has 1 aromatic heterocycles. The first-order valence-corrected chi connectivity index (χ1v) is 8.92. The summed E-state index contributed by atoms with van der Waals surface area (Å²) in [4.78, 5) is 16.6. The van der Waals surface area contributed by atoms with Crippen LogP contribution >= 0.6 is 0 Å². The van der Waals surface area contributed by atoms with Crippen LogP contribution in [0, 0.1) is 0 Å². The highest BCUT2D eigenvalue weighted by molar-refractivity contribution is 6.00. The van der Waals surface area contributed by atoms with Gasteiger partial charge in [0.05, 0.1) is 0 Å². The molecule has 3 aromatic rings. The van der Waals surface area contributed by atoms with Gasteiger partial charge in [-0.3, -0.25) is 0 Å². The summed E-state index contributed by atoms with van der Waals surface area (Å²) in [6, 6.07) is 17.0. The zero-order valence-electron chi connectivity index (χ0n) is 16.1. The molecule has 0 bridgehead atoms. The summed E-state index contributed by atoms with van der Waals surface area (Å²) in [6.45, 7) is 6.32. The number of ether oxygens (including phenoxy) is 1. The van der Waals surface area contributed by atoms with Crippen molar-refractivity contribution in [3.8, 4) is 17.4 Å². The Balaban J connectivity index is 1.80. The fourth-order valence-corrected chi connectivity index (χ4v) is 2.72. The predicted molar refractivity (Wildman–Crippen MR) is 110 cm³/mol.